The molecule has 2 N–H and O–H groups in total. The lowest BCUT2D eigenvalue weighted by Gasteiger charge is -2.32. The highest BCUT2D eigenvalue weighted by Crippen LogP contribution is 2.23. The Balaban J connectivity index is 1.05. The van der Waals surface area contributed by atoms with Crippen molar-refractivity contribution in [3.8, 4) is 16.9 Å². The first-order valence-electron chi connectivity index (χ1n) is 12.3. The highest BCUT2D eigenvalue weighted by atomic mass is 32.2. The van der Waals surface area contributed by atoms with Crippen molar-refractivity contribution in [1.29, 1.82) is 0 Å². The number of methoxy groups -OCH3 is 1. The maximum Gasteiger partial charge on any atom is 0.230 e. The van der Waals surface area contributed by atoms with Gasteiger partial charge in [-0.05, 0) is 66.1 Å². The quantitative estimate of drug-likeness (QED) is 0.254. The topological polar surface area (TPSA) is 83.1 Å². The van der Waals surface area contributed by atoms with Gasteiger partial charge in [0.15, 0.2) is 5.16 Å². The molecule has 7 nitrogen and oxygen atoms in total. The highest BCUT2D eigenvalue weighted by molar-refractivity contribution is 7.99. The zero-order valence-corrected chi connectivity index (χ0v) is 21.3. The third-order valence-corrected chi connectivity index (χ3v) is 7.48. The Morgan fingerprint density at radius 1 is 1.14 bits per heavy atom. The number of carbonyl (C=O) groups is 1. The van der Waals surface area contributed by atoms with Gasteiger partial charge in [0.1, 0.15) is 5.75 Å². The predicted molar refractivity (Wildman–Crippen MR) is 144 cm³/mol. The van der Waals surface area contributed by atoms with E-state index in [0.29, 0.717) is 23.4 Å². The summed E-state index contributed by atoms with van der Waals surface area (Å²) in [5.74, 6) is 1.63. The Morgan fingerprint density at radius 2 is 1.97 bits per heavy atom. The van der Waals surface area contributed by atoms with Gasteiger partial charge in [-0.15, -0.1) is 0 Å². The first-order valence-corrected chi connectivity index (χ1v) is 13.3. The molecular formula is C28H31N5O2S. The van der Waals surface area contributed by atoms with Crippen LogP contribution in [0.15, 0.2) is 72.3 Å². The van der Waals surface area contributed by atoms with Crippen LogP contribution >= 0.6 is 11.8 Å². The minimum Gasteiger partial charge on any atom is -0.497 e. The van der Waals surface area contributed by atoms with E-state index in [0.717, 1.165) is 49.4 Å². The van der Waals surface area contributed by atoms with Gasteiger partial charge in [-0.1, -0.05) is 36.0 Å². The van der Waals surface area contributed by atoms with Gasteiger partial charge in [-0.3, -0.25) is 9.69 Å². The molecule has 3 heterocycles. The van der Waals surface area contributed by atoms with Gasteiger partial charge in [-0.2, -0.15) is 0 Å². The van der Waals surface area contributed by atoms with Crippen LogP contribution in [0.3, 0.4) is 0 Å². The summed E-state index contributed by atoms with van der Waals surface area (Å²) in [4.78, 5) is 27.1. The molecule has 1 amide bonds. The summed E-state index contributed by atoms with van der Waals surface area (Å²) in [6.07, 6.45) is 7.87. The number of fused-ring (bicyclic) bond motifs is 1. The van der Waals surface area contributed by atoms with Crippen LogP contribution in [0, 0.1) is 5.92 Å². The number of rotatable bonds is 9. The molecule has 0 bridgehead atoms. The summed E-state index contributed by atoms with van der Waals surface area (Å²) in [5.41, 5.74) is 4.46. The summed E-state index contributed by atoms with van der Waals surface area (Å²) in [6.45, 7) is 3.76. The molecule has 1 aliphatic rings. The Morgan fingerprint density at radius 3 is 2.78 bits per heavy atom. The second-order valence-corrected chi connectivity index (χ2v) is 10.2. The molecule has 4 aromatic rings. The van der Waals surface area contributed by atoms with Gasteiger partial charge < -0.3 is 15.0 Å². The summed E-state index contributed by atoms with van der Waals surface area (Å²) >= 11 is 1.36. The van der Waals surface area contributed by atoms with Crippen molar-refractivity contribution >= 4 is 28.6 Å². The largest absolute Gasteiger partial charge is 0.497 e. The first kappa shape index (κ1) is 24.3. The summed E-state index contributed by atoms with van der Waals surface area (Å²) in [7, 11) is 1.65. The summed E-state index contributed by atoms with van der Waals surface area (Å²) in [6, 6.07) is 16.5. The van der Waals surface area contributed by atoms with Gasteiger partial charge in [0, 0.05) is 49.3 Å². The second-order valence-electron chi connectivity index (χ2n) is 9.22. The van der Waals surface area contributed by atoms with Crippen LogP contribution in [0.2, 0.25) is 0 Å². The number of carbonyl (C=O) groups excluding carboxylic acids is 1. The standard InChI is InChI=1S/C28H31N5O2S/c1-35-25-8-6-22(7-9-25)24-15-31-28(32-16-24)36-19-27(34)30-14-21-3-2-12-33(18-21)17-20-4-5-23-10-11-29-26(23)13-20/h4-11,13,15-16,21,29H,2-3,12,14,17-19H2,1H3,(H,30,34). The third kappa shape index (κ3) is 6.25. The number of likely N-dealkylation sites (tertiary alicyclic amines) is 1. The van der Waals surface area contributed by atoms with Crippen LogP contribution in [-0.4, -0.2) is 58.3 Å². The summed E-state index contributed by atoms with van der Waals surface area (Å²) < 4.78 is 5.20. The van der Waals surface area contributed by atoms with E-state index >= 15 is 0 Å². The number of nitrogens with one attached hydrogen (secondary N) is 2. The van der Waals surface area contributed by atoms with E-state index in [2.05, 4.69) is 49.4 Å². The Labute approximate surface area is 215 Å². The second kappa shape index (κ2) is 11.6. The Bertz CT molecular complexity index is 1290. The van der Waals surface area contributed by atoms with Crippen molar-refractivity contribution in [2.45, 2.75) is 24.5 Å². The van der Waals surface area contributed by atoms with Crippen molar-refractivity contribution in [3.63, 3.8) is 0 Å². The highest BCUT2D eigenvalue weighted by Gasteiger charge is 2.20. The number of hydrogen-bond donors (Lipinski definition) is 2. The predicted octanol–water partition coefficient (Wildman–Crippen LogP) is 4.75. The van der Waals surface area contributed by atoms with Gasteiger partial charge in [0.2, 0.25) is 5.91 Å². The van der Waals surface area contributed by atoms with Crippen molar-refractivity contribution < 1.29 is 9.53 Å². The average molecular weight is 502 g/mol. The van der Waals surface area contributed by atoms with Gasteiger partial charge >= 0.3 is 0 Å². The summed E-state index contributed by atoms with van der Waals surface area (Å²) in [5, 5.41) is 4.96. The van der Waals surface area contributed by atoms with E-state index in [-0.39, 0.29) is 5.91 Å². The molecule has 1 fully saturated rings. The molecule has 1 atom stereocenters. The van der Waals surface area contributed by atoms with Crippen molar-refractivity contribution in [1.82, 2.24) is 25.2 Å². The number of aromatic nitrogens is 3. The fourth-order valence-corrected chi connectivity index (χ4v) is 5.29. The smallest absolute Gasteiger partial charge is 0.230 e. The van der Waals surface area contributed by atoms with Crippen LogP contribution in [0.25, 0.3) is 22.0 Å². The van der Waals surface area contributed by atoms with Crippen LogP contribution < -0.4 is 10.1 Å². The molecule has 8 heteroatoms. The van der Waals surface area contributed by atoms with Gasteiger partial charge in [0.25, 0.3) is 0 Å². The average Bonchev–Trinajstić information content (AvgIpc) is 3.39. The molecule has 0 radical (unpaired) electrons. The Hall–Kier alpha value is -3.36. The number of amides is 1. The molecule has 1 saturated heterocycles. The zero-order chi connectivity index (χ0) is 24.7. The van der Waals surface area contributed by atoms with Gasteiger partial charge in [-0.25, -0.2) is 9.97 Å². The maximum atomic E-state index is 12.5. The molecule has 0 aliphatic carbocycles. The van der Waals surface area contributed by atoms with Crippen molar-refractivity contribution in [2.24, 2.45) is 5.92 Å². The third-order valence-electron chi connectivity index (χ3n) is 6.60. The SMILES string of the molecule is COc1ccc(-c2cnc(SCC(=O)NCC3CCCN(Cc4ccc5cc[nH]c5c4)C3)nc2)cc1. The lowest BCUT2D eigenvalue weighted by Crippen LogP contribution is -2.40. The normalized spacial score (nSPS) is 16.2. The Kier molecular flexibility index (Phi) is 7.83. The van der Waals surface area contributed by atoms with E-state index in [1.807, 2.05) is 30.5 Å². The van der Waals surface area contributed by atoms with E-state index in [1.165, 1.54) is 28.2 Å². The van der Waals surface area contributed by atoms with Gasteiger partial charge in [0.05, 0.1) is 12.9 Å². The number of nitrogens with zero attached hydrogens (tertiary/aromatic N) is 3. The fraction of sp³-hybridized carbons (Fsp3) is 0.321. The van der Waals surface area contributed by atoms with Crippen molar-refractivity contribution in [2.75, 3.05) is 32.5 Å². The van der Waals surface area contributed by atoms with Crippen LogP contribution in [0.4, 0.5) is 0 Å². The molecule has 186 valence electrons. The van der Waals surface area contributed by atoms with E-state index in [1.54, 1.807) is 19.5 Å². The van der Waals surface area contributed by atoms with E-state index < -0.39 is 0 Å². The number of benzene rings is 2. The molecule has 0 spiro atoms. The van der Waals surface area contributed by atoms with Crippen molar-refractivity contribution in [3.05, 3.63) is 72.7 Å². The van der Waals surface area contributed by atoms with Crippen LogP contribution in [0.5, 0.6) is 5.75 Å². The monoisotopic (exact) mass is 501 g/mol. The zero-order valence-electron chi connectivity index (χ0n) is 20.4. The maximum absolute atomic E-state index is 12.5. The van der Waals surface area contributed by atoms with Crippen LogP contribution in [-0.2, 0) is 11.3 Å². The molecule has 5 rings (SSSR count). The molecule has 1 unspecified atom stereocenters. The minimum absolute atomic E-state index is 0.0251. The number of hydrogen-bond acceptors (Lipinski definition) is 6. The molecule has 36 heavy (non-hydrogen) atoms. The first-order chi connectivity index (χ1) is 17.7. The molecule has 2 aromatic heterocycles. The molecular weight excluding hydrogens is 470 g/mol. The number of aromatic amines is 1. The minimum atomic E-state index is 0.0251. The number of thioether (sulfide) groups is 1. The fourth-order valence-electron chi connectivity index (χ4n) is 4.68. The molecule has 1 aliphatic heterocycles. The molecule has 0 saturated carbocycles. The lowest BCUT2D eigenvalue weighted by atomic mass is 9.97. The molecule has 2 aromatic carbocycles. The van der Waals surface area contributed by atoms with Crippen LogP contribution in [0.1, 0.15) is 18.4 Å². The number of piperidine rings is 1. The number of H-pyrrole nitrogens is 1. The number of ether oxygens (including phenoxy) is 1. The van der Waals surface area contributed by atoms with E-state index in [9.17, 15) is 4.79 Å². The lowest BCUT2D eigenvalue weighted by molar-refractivity contribution is -0.118. The van der Waals surface area contributed by atoms with E-state index in [4.69, 9.17) is 4.74 Å².